The number of rotatable bonds is 3. The molecule has 0 radical (unpaired) electrons. The summed E-state index contributed by atoms with van der Waals surface area (Å²) in [4.78, 5) is 2.15. The van der Waals surface area contributed by atoms with E-state index in [4.69, 9.17) is 14.2 Å². The van der Waals surface area contributed by atoms with Crippen molar-refractivity contribution in [1.29, 1.82) is 0 Å². The van der Waals surface area contributed by atoms with E-state index in [1.807, 2.05) is 11.9 Å². The number of fused-ring (bicyclic) bond motifs is 2. The molecule has 0 amide bonds. The van der Waals surface area contributed by atoms with Crippen LogP contribution < -0.4 is 23.8 Å². The Morgan fingerprint density at radius 1 is 1.00 bits per heavy atom. The minimum absolute atomic E-state index is 0.142. The Kier molecular flexibility index (Phi) is 3.42. The van der Waals surface area contributed by atoms with E-state index in [2.05, 4.69) is 4.72 Å². The van der Waals surface area contributed by atoms with Crippen LogP contribution in [0.4, 0.5) is 11.4 Å². The molecule has 0 aliphatic carbocycles. The van der Waals surface area contributed by atoms with Gasteiger partial charge in [0.05, 0.1) is 22.8 Å². The van der Waals surface area contributed by atoms with Gasteiger partial charge in [-0.05, 0) is 30.3 Å². The molecule has 8 heteroatoms. The van der Waals surface area contributed by atoms with Gasteiger partial charge in [0.25, 0.3) is 10.0 Å². The van der Waals surface area contributed by atoms with Crippen molar-refractivity contribution in [3.63, 3.8) is 0 Å². The van der Waals surface area contributed by atoms with Gasteiger partial charge in [-0.2, -0.15) is 0 Å². The summed E-state index contributed by atoms with van der Waals surface area (Å²) in [6.45, 7) is 1.44. The fraction of sp³-hybridized carbons (Fsp3) is 0.250. The summed E-state index contributed by atoms with van der Waals surface area (Å²) in [5.41, 5.74) is 1.18. The maximum atomic E-state index is 12.7. The normalized spacial score (nSPS) is 15.6. The van der Waals surface area contributed by atoms with E-state index in [0.29, 0.717) is 36.1 Å². The van der Waals surface area contributed by atoms with Crippen LogP contribution in [-0.4, -0.2) is 35.4 Å². The highest BCUT2D eigenvalue weighted by Crippen LogP contribution is 2.36. The standard InChI is InChI=1S/C16H16N2O5S/c1-18-6-7-21-14-5-3-12(9-13(14)18)24(19,20)17-11-2-4-15-16(8-11)23-10-22-15/h2-5,8-9,17H,6-7,10H2,1H3. The van der Waals surface area contributed by atoms with Gasteiger partial charge in [-0.3, -0.25) is 4.72 Å². The lowest BCUT2D eigenvalue weighted by Gasteiger charge is -2.28. The topological polar surface area (TPSA) is 77.1 Å². The average molecular weight is 348 g/mol. The van der Waals surface area contributed by atoms with E-state index in [-0.39, 0.29) is 11.7 Å². The van der Waals surface area contributed by atoms with Gasteiger partial charge in [0, 0.05) is 13.1 Å². The summed E-state index contributed by atoms with van der Waals surface area (Å²) in [7, 11) is -1.81. The van der Waals surface area contributed by atoms with Gasteiger partial charge in [-0.15, -0.1) is 0 Å². The van der Waals surface area contributed by atoms with Crippen molar-refractivity contribution in [2.45, 2.75) is 4.90 Å². The molecule has 0 bridgehead atoms. The fourth-order valence-corrected chi connectivity index (χ4v) is 3.74. The summed E-state index contributed by atoms with van der Waals surface area (Å²) >= 11 is 0. The Morgan fingerprint density at radius 2 is 1.79 bits per heavy atom. The molecule has 24 heavy (non-hydrogen) atoms. The maximum Gasteiger partial charge on any atom is 0.261 e. The van der Waals surface area contributed by atoms with E-state index < -0.39 is 10.0 Å². The molecule has 2 aliphatic heterocycles. The molecule has 0 saturated carbocycles. The minimum atomic E-state index is -3.72. The monoisotopic (exact) mass is 348 g/mol. The Hall–Kier alpha value is -2.61. The summed E-state index contributed by atoms with van der Waals surface area (Å²) in [6.07, 6.45) is 0. The lowest BCUT2D eigenvalue weighted by Crippen LogP contribution is -2.29. The Bertz CT molecular complexity index is 897. The molecule has 2 heterocycles. The Labute approximate surface area is 139 Å². The van der Waals surface area contributed by atoms with Crippen molar-refractivity contribution in [3.05, 3.63) is 36.4 Å². The Morgan fingerprint density at radius 3 is 2.67 bits per heavy atom. The zero-order valence-electron chi connectivity index (χ0n) is 13.0. The van der Waals surface area contributed by atoms with Gasteiger partial charge in [0.15, 0.2) is 11.5 Å². The average Bonchev–Trinajstić information content (AvgIpc) is 3.02. The number of nitrogens with zero attached hydrogens (tertiary/aromatic N) is 1. The second kappa shape index (κ2) is 5.48. The molecular weight excluding hydrogens is 332 g/mol. The van der Waals surface area contributed by atoms with Crippen LogP contribution in [0.25, 0.3) is 0 Å². The van der Waals surface area contributed by atoms with Crippen LogP contribution >= 0.6 is 0 Å². The van der Waals surface area contributed by atoms with Crippen molar-refractivity contribution < 1.29 is 22.6 Å². The SMILES string of the molecule is CN1CCOc2ccc(S(=O)(=O)Nc3ccc4c(c3)OCO4)cc21. The highest BCUT2D eigenvalue weighted by atomic mass is 32.2. The highest BCUT2D eigenvalue weighted by molar-refractivity contribution is 7.92. The number of sulfonamides is 1. The first kappa shape index (κ1) is 14.9. The molecular formula is C16H16N2O5S. The summed E-state index contributed by atoms with van der Waals surface area (Å²) in [5.74, 6) is 1.81. The van der Waals surface area contributed by atoms with Gasteiger partial charge >= 0.3 is 0 Å². The van der Waals surface area contributed by atoms with E-state index in [1.54, 1.807) is 30.3 Å². The van der Waals surface area contributed by atoms with E-state index in [1.165, 1.54) is 6.07 Å². The molecule has 2 aromatic rings. The molecule has 0 unspecified atom stereocenters. The smallest absolute Gasteiger partial charge is 0.261 e. The maximum absolute atomic E-state index is 12.7. The quantitative estimate of drug-likeness (QED) is 0.915. The van der Waals surface area contributed by atoms with Gasteiger partial charge in [-0.1, -0.05) is 0 Å². The summed E-state index contributed by atoms with van der Waals surface area (Å²) in [5, 5.41) is 0. The predicted molar refractivity (Wildman–Crippen MR) is 88.6 cm³/mol. The first-order valence-electron chi connectivity index (χ1n) is 7.43. The molecule has 1 N–H and O–H groups in total. The molecule has 0 saturated heterocycles. The van der Waals surface area contributed by atoms with E-state index in [0.717, 1.165) is 5.69 Å². The number of anilines is 2. The van der Waals surface area contributed by atoms with Crippen molar-refractivity contribution in [2.24, 2.45) is 0 Å². The molecule has 0 spiro atoms. The van der Waals surface area contributed by atoms with Crippen LogP contribution in [0.5, 0.6) is 17.2 Å². The van der Waals surface area contributed by atoms with Crippen molar-refractivity contribution in [3.8, 4) is 17.2 Å². The van der Waals surface area contributed by atoms with E-state index in [9.17, 15) is 8.42 Å². The molecule has 126 valence electrons. The number of ether oxygens (including phenoxy) is 3. The molecule has 4 rings (SSSR count). The third kappa shape index (κ3) is 2.58. The summed E-state index contributed by atoms with van der Waals surface area (Å²) in [6, 6.07) is 9.75. The lowest BCUT2D eigenvalue weighted by molar-refractivity contribution is 0.174. The molecule has 0 atom stereocenters. The number of hydrogen-bond acceptors (Lipinski definition) is 6. The van der Waals surface area contributed by atoms with E-state index >= 15 is 0 Å². The zero-order chi connectivity index (χ0) is 16.7. The molecule has 7 nitrogen and oxygen atoms in total. The van der Waals surface area contributed by atoms with Crippen LogP contribution in [0.3, 0.4) is 0 Å². The third-order valence-corrected chi connectivity index (χ3v) is 5.34. The van der Waals surface area contributed by atoms with Crippen LogP contribution in [0.1, 0.15) is 0 Å². The lowest BCUT2D eigenvalue weighted by atomic mass is 10.2. The van der Waals surface area contributed by atoms with Gasteiger partial charge in [0.1, 0.15) is 12.4 Å². The summed E-state index contributed by atoms with van der Waals surface area (Å²) < 4.78 is 43.9. The van der Waals surface area contributed by atoms with Crippen molar-refractivity contribution in [2.75, 3.05) is 36.6 Å². The first-order chi connectivity index (χ1) is 11.5. The van der Waals surface area contributed by atoms with Gasteiger partial charge in [0.2, 0.25) is 6.79 Å². The minimum Gasteiger partial charge on any atom is -0.490 e. The van der Waals surface area contributed by atoms with Crippen LogP contribution in [0, 0.1) is 0 Å². The fourth-order valence-electron chi connectivity index (χ4n) is 2.67. The molecule has 0 aromatic heterocycles. The number of likely N-dealkylation sites (N-methyl/N-ethyl adjacent to an activating group) is 1. The zero-order valence-corrected chi connectivity index (χ0v) is 13.8. The van der Waals surface area contributed by atoms with Gasteiger partial charge in [-0.25, -0.2) is 8.42 Å². The highest BCUT2D eigenvalue weighted by Gasteiger charge is 2.22. The molecule has 0 fully saturated rings. The van der Waals surface area contributed by atoms with Gasteiger partial charge < -0.3 is 19.1 Å². The van der Waals surface area contributed by atoms with Crippen LogP contribution in [0.2, 0.25) is 0 Å². The largest absolute Gasteiger partial charge is 0.490 e. The number of benzene rings is 2. The number of nitrogens with one attached hydrogen (secondary N) is 1. The third-order valence-electron chi connectivity index (χ3n) is 3.96. The van der Waals surface area contributed by atoms with Crippen LogP contribution in [-0.2, 0) is 10.0 Å². The number of hydrogen-bond donors (Lipinski definition) is 1. The van der Waals surface area contributed by atoms with Crippen molar-refractivity contribution in [1.82, 2.24) is 0 Å². The van der Waals surface area contributed by atoms with Crippen molar-refractivity contribution >= 4 is 21.4 Å². The first-order valence-corrected chi connectivity index (χ1v) is 8.92. The molecule has 2 aliphatic rings. The molecule has 2 aromatic carbocycles. The predicted octanol–water partition coefficient (Wildman–Crippen LogP) is 2.04. The second-order valence-electron chi connectivity index (χ2n) is 5.57. The Balaban J connectivity index is 1.64. The second-order valence-corrected chi connectivity index (χ2v) is 7.26. The van der Waals surface area contributed by atoms with Crippen LogP contribution in [0.15, 0.2) is 41.3 Å².